The van der Waals surface area contributed by atoms with Crippen LogP contribution in [-0.2, 0) is 11.2 Å². The van der Waals surface area contributed by atoms with Gasteiger partial charge in [0.05, 0.1) is 5.92 Å². The van der Waals surface area contributed by atoms with Gasteiger partial charge in [0, 0.05) is 11.0 Å². The third kappa shape index (κ3) is 1.79. The molecule has 1 atom stereocenters. The quantitative estimate of drug-likeness (QED) is 0.886. The molecule has 1 fully saturated rings. The monoisotopic (exact) mass is 258 g/mol. The molecule has 1 N–H and O–H groups in total. The standard InChI is InChI=1S/C16H18O3/c1-10(15(18)19)11-4-5-12-9-16(6-2-3-7-16)14(17)13(12)8-11/h4-5,8,10H,2-3,6-7,9H2,1H3,(H,18,19). The van der Waals surface area contributed by atoms with Gasteiger partial charge in [-0.05, 0) is 43.4 Å². The van der Waals surface area contributed by atoms with E-state index in [0.29, 0.717) is 0 Å². The fourth-order valence-electron chi connectivity index (χ4n) is 3.56. The van der Waals surface area contributed by atoms with Crippen LogP contribution in [0.25, 0.3) is 0 Å². The number of carboxylic acids is 1. The van der Waals surface area contributed by atoms with Crippen molar-refractivity contribution < 1.29 is 14.7 Å². The van der Waals surface area contributed by atoms with Gasteiger partial charge < -0.3 is 5.11 Å². The number of Topliss-reactive ketones (excluding diaryl/α,β-unsaturated/α-hetero) is 1. The SMILES string of the molecule is CC(C(=O)O)c1ccc2c(c1)C(=O)C1(CCCC1)C2. The Morgan fingerprint density at radius 3 is 2.63 bits per heavy atom. The zero-order chi connectivity index (χ0) is 13.6. The van der Waals surface area contributed by atoms with E-state index in [1.165, 1.54) is 0 Å². The summed E-state index contributed by atoms with van der Waals surface area (Å²) in [4.78, 5) is 23.7. The molecule has 0 amide bonds. The highest BCUT2D eigenvalue weighted by Gasteiger charge is 2.46. The Balaban J connectivity index is 1.99. The number of carbonyl (C=O) groups is 2. The van der Waals surface area contributed by atoms with Gasteiger partial charge >= 0.3 is 5.97 Å². The predicted molar refractivity (Wildman–Crippen MR) is 71.4 cm³/mol. The van der Waals surface area contributed by atoms with E-state index in [0.717, 1.165) is 48.8 Å². The molecule has 1 aromatic carbocycles. The number of rotatable bonds is 2. The molecule has 2 aliphatic carbocycles. The van der Waals surface area contributed by atoms with Crippen LogP contribution in [0.1, 0.15) is 60.0 Å². The smallest absolute Gasteiger partial charge is 0.310 e. The summed E-state index contributed by atoms with van der Waals surface area (Å²) < 4.78 is 0. The summed E-state index contributed by atoms with van der Waals surface area (Å²) in [5.74, 6) is -1.15. The van der Waals surface area contributed by atoms with Crippen LogP contribution in [0.5, 0.6) is 0 Å². The summed E-state index contributed by atoms with van der Waals surface area (Å²) in [5, 5.41) is 9.07. The van der Waals surface area contributed by atoms with Crippen molar-refractivity contribution in [2.45, 2.75) is 44.9 Å². The maximum atomic E-state index is 12.6. The van der Waals surface area contributed by atoms with Crippen LogP contribution in [-0.4, -0.2) is 16.9 Å². The highest BCUT2D eigenvalue weighted by Crippen LogP contribution is 2.48. The van der Waals surface area contributed by atoms with Crippen molar-refractivity contribution in [3.8, 4) is 0 Å². The lowest BCUT2D eigenvalue weighted by atomic mass is 9.82. The van der Waals surface area contributed by atoms with Crippen LogP contribution in [0.3, 0.4) is 0 Å². The lowest BCUT2D eigenvalue weighted by Crippen LogP contribution is -2.23. The van der Waals surface area contributed by atoms with Gasteiger partial charge in [-0.15, -0.1) is 0 Å². The van der Waals surface area contributed by atoms with Crippen molar-refractivity contribution >= 4 is 11.8 Å². The minimum Gasteiger partial charge on any atom is -0.481 e. The van der Waals surface area contributed by atoms with Gasteiger partial charge in [0.1, 0.15) is 0 Å². The number of hydrogen-bond donors (Lipinski definition) is 1. The highest BCUT2D eigenvalue weighted by atomic mass is 16.4. The van der Waals surface area contributed by atoms with E-state index in [1.807, 2.05) is 18.2 Å². The molecule has 1 aromatic rings. The van der Waals surface area contributed by atoms with Crippen molar-refractivity contribution in [1.82, 2.24) is 0 Å². The average Bonchev–Trinajstić information content (AvgIpc) is 2.96. The Morgan fingerprint density at radius 1 is 1.32 bits per heavy atom. The van der Waals surface area contributed by atoms with Crippen molar-refractivity contribution in [2.75, 3.05) is 0 Å². The fourth-order valence-corrected chi connectivity index (χ4v) is 3.56. The van der Waals surface area contributed by atoms with E-state index in [1.54, 1.807) is 6.92 Å². The Labute approximate surface area is 112 Å². The van der Waals surface area contributed by atoms with Gasteiger partial charge in [-0.25, -0.2) is 0 Å². The first-order chi connectivity index (χ1) is 9.03. The zero-order valence-electron chi connectivity index (χ0n) is 11.1. The number of benzene rings is 1. The molecule has 100 valence electrons. The van der Waals surface area contributed by atoms with Crippen molar-refractivity contribution in [3.05, 3.63) is 34.9 Å². The number of hydrogen-bond acceptors (Lipinski definition) is 2. The second kappa shape index (κ2) is 4.19. The van der Waals surface area contributed by atoms with Gasteiger partial charge in [-0.3, -0.25) is 9.59 Å². The Morgan fingerprint density at radius 2 is 2.00 bits per heavy atom. The highest BCUT2D eigenvalue weighted by molar-refractivity contribution is 6.05. The molecule has 0 radical (unpaired) electrons. The number of carbonyl (C=O) groups excluding carboxylic acids is 1. The first kappa shape index (κ1) is 12.4. The van der Waals surface area contributed by atoms with Crippen molar-refractivity contribution in [2.24, 2.45) is 5.41 Å². The number of carboxylic acid groups (broad SMARTS) is 1. The zero-order valence-corrected chi connectivity index (χ0v) is 11.1. The average molecular weight is 258 g/mol. The summed E-state index contributed by atoms with van der Waals surface area (Å²) in [6, 6.07) is 5.62. The largest absolute Gasteiger partial charge is 0.481 e. The van der Waals surface area contributed by atoms with Gasteiger partial charge in [-0.1, -0.05) is 25.0 Å². The van der Waals surface area contributed by atoms with Crippen LogP contribution in [0.4, 0.5) is 0 Å². The topological polar surface area (TPSA) is 54.4 Å². The summed E-state index contributed by atoms with van der Waals surface area (Å²) in [7, 11) is 0. The predicted octanol–water partition coefficient (Wildman–Crippen LogP) is 3.17. The number of ketones is 1. The third-order valence-electron chi connectivity index (χ3n) is 4.82. The second-order valence-corrected chi connectivity index (χ2v) is 5.97. The van der Waals surface area contributed by atoms with E-state index in [9.17, 15) is 9.59 Å². The van der Waals surface area contributed by atoms with Crippen LogP contribution >= 0.6 is 0 Å². The Kier molecular flexibility index (Phi) is 2.73. The summed E-state index contributed by atoms with van der Waals surface area (Å²) >= 11 is 0. The first-order valence-corrected chi connectivity index (χ1v) is 6.94. The third-order valence-corrected chi connectivity index (χ3v) is 4.82. The number of aliphatic carboxylic acids is 1. The van der Waals surface area contributed by atoms with Crippen LogP contribution in [0.15, 0.2) is 18.2 Å². The van der Waals surface area contributed by atoms with Gasteiger partial charge in [-0.2, -0.15) is 0 Å². The van der Waals surface area contributed by atoms with E-state index >= 15 is 0 Å². The maximum Gasteiger partial charge on any atom is 0.310 e. The molecule has 2 aliphatic rings. The molecule has 3 rings (SSSR count). The van der Waals surface area contributed by atoms with Crippen LogP contribution < -0.4 is 0 Å². The normalized spacial score (nSPS) is 21.6. The molecule has 0 saturated heterocycles. The first-order valence-electron chi connectivity index (χ1n) is 6.94. The molecular formula is C16H18O3. The lowest BCUT2D eigenvalue weighted by Gasteiger charge is -2.19. The second-order valence-electron chi connectivity index (χ2n) is 5.97. The van der Waals surface area contributed by atoms with Crippen molar-refractivity contribution in [1.29, 1.82) is 0 Å². The van der Waals surface area contributed by atoms with Gasteiger partial charge in [0.2, 0.25) is 0 Å². The van der Waals surface area contributed by atoms with Crippen LogP contribution in [0.2, 0.25) is 0 Å². The van der Waals surface area contributed by atoms with E-state index in [2.05, 4.69) is 0 Å². The lowest BCUT2D eigenvalue weighted by molar-refractivity contribution is -0.138. The molecule has 3 heteroatoms. The van der Waals surface area contributed by atoms with E-state index < -0.39 is 11.9 Å². The molecule has 0 bridgehead atoms. The van der Waals surface area contributed by atoms with E-state index in [-0.39, 0.29) is 11.2 Å². The maximum absolute atomic E-state index is 12.6. The van der Waals surface area contributed by atoms with Crippen LogP contribution in [0, 0.1) is 5.41 Å². The molecule has 1 spiro atoms. The van der Waals surface area contributed by atoms with Gasteiger partial charge in [0.25, 0.3) is 0 Å². The summed E-state index contributed by atoms with van der Waals surface area (Å²) in [5.41, 5.74) is 2.45. The minimum absolute atomic E-state index is 0.159. The molecule has 0 aliphatic heterocycles. The molecule has 1 saturated carbocycles. The van der Waals surface area contributed by atoms with E-state index in [4.69, 9.17) is 5.11 Å². The molecule has 0 aromatic heterocycles. The molecule has 19 heavy (non-hydrogen) atoms. The minimum atomic E-state index is -0.846. The summed E-state index contributed by atoms with van der Waals surface area (Å²) in [6.45, 7) is 1.66. The summed E-state index contributed by atoms with van der Waals surface area (Å²) in [6.07, 6.45) is 5.10. The molecular weight excluding hydrogens is 240 g/mol. The molecule has 0 heterocycles. The number of fused-ring (bicyclic) bond motifs is 1. The molecule has 3 nitrogen and oxygen atoms in total. The Bertz CT molecular complexity index is 553. The van der Waals surface area contributed by atoms with Gasteiger partial charge in [0.15, 0.2) is 5.78 Å². The molecule has 1 unspecified atom stereocenters. The Hall–Kier alpha value is -1.64. The fraction of sp³-hybridized carbons (Fsp3) is 0.500. The van der Waals surface area contributed by atoms with Crippen molar-refractivity contribution in [3.63, 3.8) is 0 Å².